The van der Waals surface area contributed by atoms with Crippen LogP contribution in [0.25, 0.3) is 11.0 Å². The molecular weight excluding hydrogens is 404 g/mol. The van der Waals surface area contributed by atoms with E-state index in [2.05, 4.69) is 4.98 Å². The Hall–Kier alpha value is -2.95. The number of nitrogens with zero attached hydrogens (tertiary/aromatic N) is 2. The average Bonchev–Trinajstić information content (AvgIpc) is 3.04. The minimum absolute atomic E-state index is 0.132. The van der Waals surface area contributed by atoms with E-state index in [1.165, 1.54) is 12.1 Å². The van der Waals surface area contributed by atoms with Crippen molar-refractivity contribution in [2.45, 2.75) is 23.8 Å². The summed E-state index contributed by atoms with van der Waals surface area (Å²) in [6.45, 7) is -3.46. The summed E-state index contributed by atoms with van der Waals surface area (Å²) < 4.78 is 80.0. The number of fused-ring (bicyclic) bond motifs is 1. The fraction of sp³-hybridized carbons (Fsp3) is 0.176. The molecule has 0 radical (unpaired) electrons. The summed E-state index contributed by atoms with van der Waals surface area (Å²) in [7, 11) is -4.79. The van der Waals surface area contributed by atoms with E-state index in [9.17, 15) is 30.8 Å². The van der Waals surface area contributed by atoms with Gasteiger partial charge < -0.3 is 4.74 Å². The monoisotopic (exact) mass is 416 g/mol. The van der Waals surface area contributed by atoms with E-state index in [0.717, 1.165) is 24.3 Å². The van der Waals surface area contributed by atoms with Gasteiger partial charge in [0.1, 0.15) is 6.61 Å². The topological polar surface area (TPSA) is 78.3 Å². The Morgan fingerprint density at radius 2 is 1.68 bits per heavy atom. The highest BCUT2D eigenvalue weighted by Crippen LogP contribution is 2.24. The molecule has 0 aliphatic carbocycles. The number of hydrogen-bond donors (Lipinski definition) is 0. The maximum atomic E-state index is 13.3. The molecule has 0 atom stereocenters. The van der Waals surface area contributed by atoms with E-state index < -0.39 is 39.6 Å². The Morgan fingerprint density at radius 3 is 2.29 bits per heavy atom. The van der Waals surface area contributed by atoms with Gasteiger partial charge in [-0.1, -0.05) is 12.1 Å². The van der Waals surface area contributed by atoms with Crippen molar-refractivity contribution in [2.24, 2.45) is 0 Å². The number of para-hydroxylation sites is 2. The van der Waals surface area contributed by atoms with Crippen molar-refractivity contribution < 1.29 is 35.5 Å². The van der Waals surface area contributed by atoms with Crippen molar-refractivity contribution in [3.8, 4) is 0 Å². The molecule has 0 amide bonds. The number of imidazole rings is 1. The van der Waals surface area contributed by atoms with Crippen molar-refractivity contribution in [2.75, 3.05) is 0 Å². The van der Waals surface area contributed by atoms with Crippen molar-refractivity contribution in [3.63, 3.8) is 0 Å². The van der Waals surface area contributed by atoms with Crippen LogP contribution in [0.4, 0.5) is 17.6 Å². The van der Waals surface area contributed by atoms with Gasteiger partial charge in [-0.2, -0.15) is 17.6 Å². The van der Waals surface area contributed by atoms with Crippen LogP contribution < -0.4 is 0 Å². The van der Waals surface area contributed by atoms with Crippen LogP contribution >= 0.6 is 0 Å². The number of benzene rings is 2. The molecule has 0 fully saturated rings. The normalized spacial score (nSPS) is 12.1. The lowest BCUT2D eigenvalue weighted by atomic mass is 10.2. The molecule has 0 aliphatic heterocycles. The van der Waals surface area contributed by atoms with Crippen LogP contribution in [0.5, 0.6) is 0 Å². The van der Waals surface area contributed by atoms with E-state index in [1.807, 2.05) is 0 Å². The standard InChI is InChI=1S/C17H12F4N2O4S/c18-16(19)23-13-4-2-1-3-12(13)22-14(23)9-27-15(24)10-5-7-11(8-6-10)28(25,26)17(20)21/h1-8,16-17H,9H2. The zero-order valence-corrected chi connectivity index (χ0v) is 14.7. The highest BCUT2D eigenvalue weighted by Gasteiger charge is 2.26. The van der Waals surface area contributed by atoms with Gasteiger partial charge in [-0.15, -0.1) is 0 Å². The van der Waals surface area contributed by atoms with Crippen molar-refractivity contribution >= 4 is 26.8 Å². The number of halogens is 4. The molecule has 11 heteroatoms. The lowest BCUT2D eigenvalue weighted by Gasteiger charge is -2.09. The SMILES string of the molecule is O=C(OCc1nc2ccccc2n1C(F)F)c1ccc(S(=O)(=O)C(F)F)cc1. The molecule has 3 aromatic rings. The lowest BCUT2D eigenvalue weighted by Crippen LogP contribution is -2.13. The molecule has 0 spiro atoms. The Balaban J connectivity index is 1.78. The number of hydrogen-bond acceptors (Lipinski definition) is 5. The van der Waals surface area contributed by atoms with Gasteiger partial charge in [-0.05, 0) is 36.4 Å². The summed E-state index contributed by atoms with van der Waals surface area (Å²) in [6.07, 6.45) is 0. The number of ether oxygens (including phenoxy) is 1. The number of aromatic nitrogens is 2. The summed E-state index contributed by atoms with van der Waals surface area (Å²) >= 11 is 0. The number of carbonyl (C=O) groups excluding carboxylic acids is 1. The number of carbonyl (C=O) groups is 1. The summed E-state index contributed by atoms with van der Waals surface area (Å²) in [5, 5.41) is 0. The van der Waals surface area contributed by atoms with Gasteiger partial charge in [0.2, 0.25) is 9.84 Å². The third-order valence-electron chi connectivity index (χ3n) is 3.85. The first-order valence-corrected chi connectivity index (χ1v) is 9.29. The zero-order chi connectivity index (χ0) is 20.5. The van der Waals surface area contributed by atoms with E-state index in [-0.39, 0.29) is 16.9 Å². The van der Waals surface area contributed by atoms with Gasteiger partial charge in [0.05, 0.1) is 21.5 Å². The predicted octanol–water partition coefficient (Wildman–Crippen LogP) is 3.78. The lowest BCUT2D eigenvalue weighted by molar-refractivity contribution is 0.0387. The first-order valence-electron chi connectivity index (χ1n) is 7.75. The number of rotatable bonds is 6. The smallest absolute Gasteiger partial charge is 0.341 e. The number of sulfone groups is 1. The van der Waals surface area contributed by atoms with E-state index >= 15 is 0 Å². The molecule has 1 aromatic heterocycles. The molecule has 0 aliphatic rings. The molecule has 1 heterocycles. The third kappa shape index (κ3) is 3.70. The molecule has 0 saturated heterocycles. The minimum atomic E-state index is -4.79. The molecule has 0 unspecified atom stereocenters. The van der Waals surface area contributed by atoms with Gasteiger partial charge in [0.25, 0.3) is 0 Å². The van der Waals surface area contributed by atoms with E-state index in [4.69, 9.17) is 4.74 Å². The second-order valence-electron chi connectivity index (χ2n) is 5.57. The Kier molecular flexibility index (Phi) is 5.36. The average molecular weight is 416 g/mol. The summed E-state index contributed by atoms with van der Waals surface area (Å²) in [4.78, 5) is 15.4. The maximum Gasteiger partial charge on any atom is 0.341 e. The van der Waals surface area contributed by atoms with Crippen LogP contribution in [0, 0.1) is 0 Å². The highest BCUT2D eigenvalue weighted by molar-refractivity contribution is 7.91. The van der Waals surface area contributed by atoms with E-state index in [0.29, 0.717) is 10.1 Å². The molecule has 28 heavy (non-hydrogen) atoms. The third-order valence-corrected chi connectivity index (χ3v) is 5.25. The van der Waals surface area contributed by atoms with Crippen molar-refractivity contribution in [3.05, 3.63) is 59.9 Å². The van der Waals surface area contributed by atoms with Gasteiger partial charge in [0, 0.05) is 0 Å². The second kappa shape index (κ2) is 7.58. The van der Waals surface area contributed by atoms with Crippen molar-refractivity contribution in [1.29, 1.82) is 0 Å². The van der Waals surface area contributed by atoms with Gasteiger partial charge in [-0.3, -0.25) is 4.57 Å². The first-order chi connectivity index (χ1) is 13.2. The van der Waals surface area contributed by atoms with Crippen LogP contribution in [0.3, 0.4) is 0 Å². The molecular formula is C17H12F4N2O4S. The molecule has 148 valence electrons. The molecule has 0 bridgehead atoms. The van der Waals surface area contributed by atoms with Crippen LogP contribution in [0.15, 0.2) is 53.4 Å². The second-order valence-corrected chi connectivity index (χ2v) is 7.49. The van der Waals surface area contributed by atoms with Crippen LogP contribution in [0.2, 0.25) is 0 Å². The number of alkyl halides is 4. The summed E-state index contributed by atoms with van der Waals surface area (Å²) in [5.74, 6) is -4.72. The maximum absolute atomic E-state index is 13.3. The summed E-state index contributed by atoms with van der Waals surface area (Å²) in [5.41, 5.74) is 0.341. The Morgan fingerprint density at radius 1 is 1.04 bits per heavy atom. The predicted molar refractivity (Wildman–Crippen MR) is 89.7 cm³/mol. The Labute approximate surface area is 156 Å². The van der Waals surface area contributed by atoms with Gasteiger partial charge in [-0.25, -0.2) is 18.2 Å². The van der Waals surface area contributed by atoms with Crippen LogP contribution in [-0.2, 0) is 21.2 Å². The van der Waals surface area contributed by atoms with E-state index in [1.54, 1.807) is 12.1 Å². The fourth-order valence-electron chi connectivity index (χ4n) is 2.51. The fourth-order valence-corrected chi connectivity index (χ4v) is 3.23. The highest BCUT2D eigenvalue weighted by atomic mass is 32.2. The molecule has 6 nitrogen and oxygen atoms in total. The largest absolute Gasteiger partial charge is 0.454 e. The molecule has 0 saturated carbocycles. The zero-order valence-electron chi connectivity index (χ0n) is 13.9. The molecule has 2 aromatic carbocycles. The molecule has 0 N–H and O–H groups in total. The number of esters is 1. The van der Waals surface area contributed by atoms with Gasteiger partial charge >= 0.3 is 18.3 Å². The molecule has 3 rings (SSSR count). The van der Waals surface area contributed by atoms with Crippen molar-refractivity contribution in [1.82, 2.24) is 9.55 Å². The first kappa shape index (κ1) is 19.8. The summed E-state index contributed by atoms with van der Waals surface area (Å²) in [6, 6.07) is 9.83. The van der Waals surface area contributed by atoms with Crippen LogP contribution in [-0.4, -0.2) is 29.7 Å². The van der Waals surface area contributed by atoms with Crippen LogP contribution in [0.1, 0.15) is 22.7 Å². The Bertz CT molecular complexity index is 1110. The minimum Gasteiger partial charge on any atom is -0.454 e. The quantitative estimate of drug-likeness (QED) is 0.451. The van der Waals surface area contributed by atoms with Gasteiger partial charge in [0.15, 0.2) is 5.82 Å².